The largest absolute Gasteiger partial charge is 0.335 e. The number of fused-ring (bicyclic) bond motifs is 1. The normalized spacial score (nSPS) is 19.5. The van der Waals surface area contributed by atoms with E-state index in [9.17, 15) is 13.2 Å². The van der Waals surface area contributed by atoms with Gasteiger partial charge < -0.3 is 4.90 Å². The molecule has 2 aromatic rings. The summed E-state index contributed by atoms with van der Waals surface area (Å²) in [6.45, 7) is 0.642. The van der Waals surface area contributed by atoms with Crippen LogP contribution in [0.25, 0.3) is 10.1 Å². The number of amides is 1. The van der Waals surface area contributed by atoms with Crippen LogP contribution in [0.4, 0.5) is 0 Å². The zero-order valence-corrected chi connectivity index (χ0v) is 14.1. The van der Waals surface area contributed by atoms with Crippen LogP contribution in [0.15, 0.2) is 29.6 Å². The molecule has 4 nitrogen and oxygen atoms in total. The zero-order chi connectivity index (χ0) is 15.7. The van der Waals surface area contributed by atoms with Crippen molar-refractivity contribution in [1.82, 2.24) is 4.90 Å². The van der Waals surface area contributed by atoms with Gasteiger partial charge in [0.1, 0.15) is 9.84 Å². The van der Waals surface area contributed by atoms with Crippen molar-refractivity contribution in [2.75, 3.05) is 18.6 Å². The van der Waals surface area contributed by atoms with Crippen LogP contribution in [0.1, 0.15) is 29.6 Å². The first-order valence-electron chi connectivity index (χ1n) is 7.40. The average molecular weight is 337 g/mol. The van der Waals surface area contributed by atoms with Gasteiger partial charge in [-0.2, -0.15) is 0 Å². The lowest BCUT2D eigenvalue weighted by Crippen LogP contribution is -2.46. The van der Waals surface area contributed by atoms with E-state index in [1.165, 1.54) is 6.26 Å². The summed E-state index contributed by atoms with van der Waals surface area (Å²) in [5.74, 6) is 0.0201. The first-order chi connectivity index (χ1) is 10.5. The number of rotatable bonds is 3. The average Bonchev–Trinajstić information content (AvgIpc) is 2.89. The maximum atomic E-state index is 12.9. The number of thiophene rings is 1. The van der Waals surface area contributed by atoms with Crippen LogP contribution in [0.3, 0.4) is 0 Å². The molecule has 0 saturated carbocycles. The Morgan fingerprint density at radius 1 is 1.32 bits per heavy atom. The monoisotopic (exact) mass is 337 g/mol. The first kappa shape index (κ1) is 15.5. The molecule has 0 radical (unpaired) electrons. The molecule has 1 aliphatic rings. The SMILES string of the molecule is CS(=O)(=O)C[C@H]1CCCCN1C(=O)c1csc2ccccc12. The molecule has 1 fully saturated rings. The smallest absolute Gasteiger partial charge is 0.255 e. The molecule has 3 rings (SSSR count). The van der Waals surface area contributed by atoms with Crippen LogP contribution < -0.4 is 0 Å². The number of hydrogen-bond donors (Lipinski definition) is 0. The Morgan fingerprint density at radius 2 is 2.09 bits per heavy atom. The van der Waals surface area contributed by atoms with Crippen LogP contribution in [0.2, 0.25) is 0 Å². The minimum Gasteiger partial charge on any atom is -0.335 e. The predicted molar refractivity (Wildman–Crippen MR) is 90.2 cm³/mol. The van der Waals surface area contributed by atoms with Gasteiger partial charge in [-0.1, -0.05) is 18.2 Å². The Kier molecular flexibility index (Phi) is 4.23. The zero-order valence-electron chi connectivity index (χ0n) is 12.5. The molecule has 1 aliphatic heterocycles. The third-order valence-corrected chi connectivity index (χ3v) is 6.05. The molecule has 22 heavy (non-hydrogen) atoms. The fraction of sp³-hybridized carbons (Fsp3) is 0.438. The molecule has 0 N–H and O–H groups in total. The number of carbonyl (C=O) groups is 1. The van der Waals surface area contributed by atoms with Crippen molar-refractivity contribution in [2.24, 2.45) is 0 Å². The Labute approximate surface area is 134 Å². The van der Waals surface area contributed by atoms with E-state index in [1.807, 2.05) is 29.6 Å². The summed E-state index contributed by atoms with van der Waals surface area (Å²) in [4.78, 5) is 14.7. The van der Waals surface area contributed by atoms with Gasteiger partial charge in [-0.25, -0.2) is 8.42 Å². The van der Waals surface area contributed by atoms with Crippen molar-refractivity contribution in [1.29, 1.82) is 0 Å². The van der Waals surface area contributed by atoms with Gasteiger partial charge in [0.25, 0.3) is 5.91 Å². The van der Waals surface area contributed by atoms with E-state index in [4.69, 9.17) is 0 Å². The second-order valence-electron chi connectivity index (χ2n) is 5.89. The second-order valence-corrected chi connectivity index (χ2v) is 8.98. The summed E-state index contributed by atoms with van der Waals surface area (Å²) in [5.41, 5.74) is 0.695. The van der Waals surface area contributed by atoms with E-state index in [1.54, 1.807) is 16.2 Å². The molecule has 0 spiro atoms. The molecule has 118 valence electrons. The van der Waals surface area contributed by atoms with Gasteiger partial charge in [0, 0.05) is 34.3 Å². The third kappa shape index (κ3) is 3.17. The minimum atomic E-state index is -3.09. The third-order valence-electron chi connectivity index (χ3n) is 4.09. The maximum absolute atomic E-state index is 12.9. The quantitative estimate of drug-likeness (QED) is 0.865. The number of hydrogen-bond acceptors (Lipinski definition) is 4. The highest BCUT2D eigenvalue weighted by atomic mass is 32.2. The molecular formula is C16H19NO3S2. The lowest BCUT2D eigenvalue weighted by atomic mass is 10.0. The second kappa shape index (κ2) is 6.01. The van der Waals surface area contributed by atoms with Crippen LogP contribution in [-0.4, -0.2) is 43.8 Å². The lowest BCUT2D eigenvalue weighted by molar-refractivity contribution is 0.0642. The molecule has 1 atom stereocenters. The number of likely N-dealkylation sites (tertiary alicyclic amines) is 1. The molecule has 1 aromatic heterocycles. The van der Waals surface area contributed by atoms with E-state index in [2.05, 4.69) is 0 Å². The number of benzene rings is 1. The summed E-state index contributed by atoms with van der Waals surface area (Å²) in [5, 5.41) is 2.85. The molecular weight excluding hydrogens is 318 g/mol. The maximum Gasteiger partial charge on any atom is 0.255 e. The number of piperidine rings is 1. The Balaban J connectivity index is 1.92. The van der Waals surface area contributed by atoms with Crippen LogP contribution in [0.5, 0.6) is 0 Å². The lowest BCUT2D eigenvalue weighted by Gasteiger charge is -2.35. The Hall–Kier alpha value is -1.40. The molecule has 1 saturated heterocycles. The molecule has 6 heteroatoms. The highest BCUT2D eigenvalue weighted by molar-refractivity contribution is 7.90. The van der Waals surface area contributed by atoms with E-state index in [0.29, 0.717) is 12.1 Å². The minimum absolute atomic E-state index is 0.0363. The highest BCUT2D eigenvalue weighted by Crippen LogP contribution is 2.29. The van der Waals surface area contributed by atoms with E-state index < -0.39 is 9.84 Å². The summed E-state index contributed by atoms with van der Waals surface area (Å²) < 4.78 is 24.3. The van der Waals surface area contributed by atoms with E-state index >= 15 is 0 Å². The summed E-state index contributed by atoms with van der Waals surface area (Å²) in [6, 6.07) is 7.64. The fourth-order valence-corrected chi connectivity index (χ4v) is 5.07. The number of nitrogens with zero attached hydrogens (tertiary/aromatic N) is 1. The molecule has 2 heterocycles. The number of sulfone groups is 1. The topological polar surface area (TPSA) is 54.5 Å². The van der Waals surface area contributed by atoms with E-state index in [-0.39, 0.29) is 17.7 Å². The molecule has 0 aliphatic carbocycles. The fourth-order valence-electron chi connectivity index (χ4n) is 3.09. The van der Waals surface area contributed by atoms with Gasteiger partial charge in [-0.15, -0.1) is 11.3 Å². The van der Waals surface area contributed by atoms with Gasteiger partial charge >= 0.3 is 0 Å². The van der Waals surface area contributed by atoms with Gasteiger partial charge in [0.15, 0.2) is 0 Å². The van der Waals surface area contributed by atoms with Crippen molar-refractivity contribution in [2.45, 2.75) is 25.3 Å². The van der Waals surface area contributed by atoms with E-state index in [0.717, 1.165) is 29.3 Å². The van der Waals surface area contributed by atoms with Gasteiger partial charge in [0.05, 0.1) is 11.3 Å². The Morgan fingerprint density at radius 3 is 2.86 bits per heavy atom. The highest BCUT2D eigenvalue weighted by Gasteiger charge is 2.30. The van der Waals surface area contributed by atoms with Crippen molar-refractivity contribution in [3.05, 3.63) is 35.2 Å². The number of carbonyl (C=O) groups excluding carboxylic acids is 1. The van der Waals surface area contributed by atoms with Crippen molar-refractivity contribution in [3.8, 4) is 0 Å². The van der Waals surface area contributed by atoms with Crippen LogP contribution in [0, 0.1) is 0 Å². The molecule has 0 bridgehead atoms. The van der Waals surface area contributed by atoms with Crippen molar-refractivity contribution >= 4 is 37.2 Å². The first-order valence-corrected chi connectivity index (χ1v) is 10.3. The summed E-state index contributed by atoms with van der Waals surface area (Å²) >= 11 is 1.55. The van der Waals surface area contributed by atoms with Gasteiger partial charge in [-0.3, -0.25) is 4.79 Å². The summed E-state index contributed by atoms with van der Waals surface area (Å²) in [6.07, 6.45) is 3.92. The van der Waals surface area contributed by atoms with Gasteiger partial charge in [-0.05, 0) is 25.3 Å². The predicted octanol–water partition coefficient (Wildman–Crippen LogP) is 2.94. The molecule has 1 amide bonds. The van der Waals surface area contributed by atoms with Crippen molar-refractivity contribution < 1.29 is 13.2 Å². The summed E-state index contributed by atoms with van der Waals surface area (Å²) in [7, 11) is -3.09. The van der Waals surface area contributed by atoms with Crippen LogP contribution >= 0.6 is 11.3 Å². The van der Waals surface area contributed by atoms with Gasteiger partial charge in [0.2, 0.25) is 0 Å². The molecule has 1 aromatic carbocycles. The van der Waals surface area contributed by atoms with Crippen LogP contribution in [-0.2, 0) is 9.84 Å². The standard InChI is InChI=1S/C16H19NO3S2/c1-22(19,20)11-12-6-4-5-9-17(12)16(18)14-10-21-15-8-3-2-7-13(14)15/h2-3,7-8,10,12H,4-6,9,11H2,1H3/t12-/m1/s1. The van der Waals surface area contributed by atoms with Crippen molar-refractivity contribution in [3.63, 3.8) is 0 Å². The molecule has 0 unspecified atom stereocenters. The Bertz CT molecular complexity index is 795.